The number of phenolic OH excluding ortho intramolecular Hbond substituents is 1. The van der Waals surface area contributed by atoms with Crippen LogP contribution in [-0.2, 0) is 14.3 Å². The van der Waals surface area contributed by atoms with Gasteiger partial charge in [0.15, 0.2) is 6.61 Å². The largest absolute Gasteiger partial charge is 0.507 e. The van der Waals surface area contributed by atoms with Crippen LogP contribution in [0.5, 0.6) is 5.75 Å². The number of para-hydroxylation sites is 1. The number of esters is 1. The molecular formula is C33H27BrN2O6. The summed E-state index contributed by atoms with van der Waals surface area (Å²) < 4.78 is 6.17. The number of aromatic hydroxyl groups is 1. The highest BCUT2D eigenvalue weighted by Crippen LogP contribution is 2.40. The first-order valence-electron chi connectivity index (χ1n) is 13.8. The fourth-order valence-corrected chi connectivity index (χ4v) is 6.54. The number of aromatic nitrogens is 1. The number of halogens is 1. The summed E-state index contributed by atoms with van der Waals surface area (Å²) in [5.74, 6) is -2.16. The van der Waals surface area contributed by atoms with E-state index < -0.39 is 18.4 Å². The molecule has 2 amide bonds. The summed E-state index contributed by atoms with van der Waals surface area (Å²) in [6.45, 7) is 1.34. The molecule has 0 bridgehead atoms. The predicted octanol–water partition coefficient (Wildman–Crippen LogP) is 6.40. The number of amides is 2. The summed E-state index contributed by atoms with van der Waals surface area (Å²) in [6.07, 6.45) is 3.42. The van der Waals surface area contributed by atoms with Crippen LogP contribution in [0.1, 0.15) is 52.0 Å². The Morgan fingerprint density at radius 2 is 1.62 bits per heavy atom. The Morgan fingerprint density at radius 1 is 0.952 bits per heavy atom. The number of nitrogens with zero attached hydrogens (tertiary/aromatic N) is 2. The first-order chi connectivity index (χ1) is 20.2. The SMILES string of the molecule is Cc1cc(Br)cc2c(C(=O)OCC(=O)c3ccccc3O)cc(-c3ccc(N4C(=O)C5CCCCC5C4=O)cc3)nc12. The monoisotopic (exact) mass is 626 g/mol. The minimum absolute atomic E-state index is 0.0680. The van der Waals surface area contributed by atoms with Crippen molar-refractivity contribution >= 4 is 56.1 Å². The summed E-state index contributed by atoms with van der Waals surface area (Å²) in [4.78, 5) is 58.2. The molecule has 2 aliphatic rings. The van der Waals surface area contributed by atoms with Crippen LogP contribution in [0.2, 0.25) is 0 Å². The van der Waals surface area contributed by atoms with Gasteiger partial charge in [0.1, 0.15) is 5.75 Å². The third kappa shape index (κ3) is 4.98. The Kier molecular flexibility index (Phi) is 7.36. The maximum atomic E-state index is 13.3. The molecule has 8 nitrogen and oxygen atoms in total. The second kappa shape index (κ2) is 11.1. The fraction of sp³-hybridized carbons (Fsp3) is 0.242. The van der Waals surface area contributed by atoms with Crippen LogP contribution in [0.4, 0.5) is 5.69 Å². The van der Waals surface area contributed by atoms with Crippen molar-refractivity contribution in [3.8, 4) is 17.0 Å². The smallest absolute Gasteiger partial charge is 0.339 e. The minimum atomic E-state index is -0.711. The molecule has 2 fully saturated rings. The van der Waals surface area contributed by atoms with Crippen LogP contribution in [0.25, 0.3) is 22.2 Å². The lowest BCUT2D eigenvalue weighted by atomic mass is 9.81. The standard InChI is InChI=1S/C33H27BrN2O6/c1-18-14-20(34)15-25-26(33(41)42-17-29(38)24-8-4-5-9-28(24)37)16-27(35-30(18)25)19-10-12-21(13-11-19)36-31(39)22-6-2-3-7-23(22)32(36)40/h4-5,8-16,22-23,37H,2-3,6-7,17H2,1H3. The van der Waals surface area contributed by atoms with Crippen LogP contribution in [0, 0.1) is 18.8 Å². The van der Waals surface area contributed by atoms with Crippen LogP contribution >= 0.6 is 15.9 Å². The van der Waals surface area contributed by atoms with E-state index in [1.165, 1.54) is 17.0 Å². The molecule has 0 radical (unpaired) electrons. The molecule has 4 aromatic rings. The molecule has 1 N–H and O–H groups in total. The molecule has 3 aromatic carbocycles. The molecule has 1 aliphatic heterocycles. The number of fused-ring (bicyclic) bond motifs is 2. The number of pyridine rings is 1. The second-order valence-electron chi connectivity index (χ2n) is 10.7. The number of carbonyl (C=O) groups excluding carboxylic acids is 4. The number of hydrogen-bond donors (Lipinski definition) is 1. The highest BCUT2D eigenvalue weighted by Gasteiger charge is 2.48. The van der Waals surface area contributed by atoms with Gasteiger partial charge < -0.3 is 9.84 Å². The van der Waals surface area contributed by atoms with Crippen molar-refractivity contribution < 1.29 is 29.0 Å². The normalized spacial score (nSPS) is 18.3. The molecule has 1 saturated heterocycles. The molecule has 1 aliphatic carbocycles. The van der Waals surface area contributed by atoms with E-state index in [-0.39, 0.29) is 40.5 Å². The van der Waals surface area contributed by atoms with Gasteiger partial charge in [-0.2, -0.15) is 0 Å². The molecule has 9 heteroatoms. The number of rotatable bonds is 6. The Balaban J connectivity index is 1.31. The average molecular weight is 627 g/mol. The van der Waals surface area contributed by atoms with Gasteiger partial charge in [-0.25, -0.2) is 9.78 Å². The van der Waals surface area contributed by atoms with E-state index in [1.54, 1.807) is 48.5 Å². The average Bonchev–Trinajstić information content (AvgIpc) is 3.25. The number of Topliss-reactive ketones (excluding diaryl/α,β-unsaturated/α-hetero) is 1. The van der Waals surface area contributed by atoms with Crippen molar-refractivity contribution in [2.24, 2.45) is 11.8 Å². The van der Waals surface area contributed by atoms with Crippen molar-refractivity contribution in [2.45, 2.75) is 32.6 Å². The topological polar surface area (TPSA) is 114 Å². The van der Waals surface area contributed by atoms with Crippen LogP contribution in [0.15, 0.2) is 71.2 Å². The van der Waals surface area contributed by atoms with Crippen molar-refractivity contribution in [1.82, 2.24) is 4.98 Å². The molecule has 2 unspecified atom stereocenters. The molecule has 2 heterocycles. The number of phenols is 1. The van der Waals surface area contributed by atoms with Gasteiger partial charge in [-0.3, -0.25) is 19.3 Å². The second-order valence-corrected chi connectivity index (χ2v) is 11.7. The van der Waals surface area contributed by atoms with Crippen molar-refractivity contribution in [3.05, 3.63) is 87.9 Å². The number of hydrogen-bond acceptors (Lipinski definition) is 7. The van der Waals surface area contributed by atoms with E-state index in [4.69, 9.17) is 9.72 Å². The van der Waals surface area contributed by atoms with Crippen molar-refractivity contribution in [1.29, 1.82) is 0 Å². The third-order valence-electron chi connectivity index (χ3n) is 8.09. The van der Waals surface area contributed by atoms with Crippen molar-refractivity contribution in [2.75, 3.05) is 11.5 Å². The zero-order valence-electron chi connectivity index (χ0n) is 22.8. The lowest BCUT2D eigenvalue weighted by molar-refractivity contribution is -0.122. The summed E-state index contributed by atoms with van der Waals surface area (Å²) in [5, 5.41) is 10.5. The minimum Gasteiger partial charge on any atom is -0.507 e. The highest BCUT2D eigenvalue weighted by molar-refractivity contribution is 9.10. The first-order valence-corrected chi connectivity index (χ1v) is 14.6. The van der Waals surface area contributed by atoms with Crippen LogP contribution in [0.3, 0.4) is 0 Å². The van der Waals surface area contributed by atoms with Gasteiger partial charge in [0.2, 0.25) is 17.6 Å². The molecule has 1 saturated carbocycles. The number of aryl methyl sites for hydroxylation is 1. The molecular weight excluding hydrogens is 600 g/mol. The Labute approximate surface area is 250 Å². The van der Waals surface area contributed by atoms with Gasteiger partial charge in [-0.05, 0) is 67.8 Å². The van der Waals surface area contributed by atoms with E-state index in [1.807, 2.05) is 13.0 Å². The van der Waals surface area contributed by atoms with Crippen LogP contribution < -0.4 is 4.90 Å². The van der Waals surface area contributed by atoms with E-state index >= 15 is 0 Å². The lowest BCUT2D eigenvalue weighted by Gasteiger charge is -2.19. The maximum absolute atomic E-state index is 13.3. The number of imide groups is 1. The Hall–Kier alpha value is -4.37. The highest BCUT2D eigenvalue weighted by atomic mass is 79.9. The Morgan fingerprint density at radius 3 is 2.29 bits per heavy atom. The van der Waals surface area contributed by atoms with Gasteiger partial charge in [-0.1, -0.05) is 53.0 Å². The predicted molar refractivity (Wildman–Crippen MR) is 160 cm³/mol. The van der Waals surface area contributed by atoms with Gasteiger partial charge in [0.05, 0.1) is 39.9 Å². The summed E-state index contributed by atoms with van der Waals surface area (Å²) in [6, 6.07) is 18.4. The molecule has 1 aromatic heterocycles. The van der Waals surface area contributed by atoms with Gasteiger partial charge in [-0.15, -0.1) is 0 Å². The van der Waals surface area contributed by atoms with E-state index in [0.29, 0.717) is 27.8 Å². The summed E-state index contributed by atoms with van der Waals surface area (Å²) >= 11 is 3.48. The molecule has 0 spiro atoms. The first kappa shape index (κ1) is 27.8. The van der Waals surface area contributed by atoms with Gasteiger partial charge >= 0.3 is 5.97 Å². The number of ether oxygens (including phenoxy) is 1. The molecule has 212 valence electrons. The number of benzene rings is 3. The fourth-order valence-electron chi connectivity index (χ4n) is 5.97. The van der Waals surface area contributed by atoms with Crippen LogP contribution in [-0.4, -0.2) is 40.3 Å². The zero-order chi connectivity index (χ0) is 29.5. The molecule has 6 rings (SSSR count). The third-order valence-corrected chi connectivity index (χ3v) is 8.55. The molecule has 2 atom stereocenters. The number of carbonyl (C=O) groups is 4. The molecule has 42 heavy (non-hydrogen) atoms. The number of anilines is 1. The summed E-state index contributed by atoms with van der Waals surface area (Å²) in [7, 11) is 0. The maximum Gasteiger partial charge on any atom is 0.339 e. The van der Waals surface area contributed by atoms with E-state index in [2.05, 4.69) is 15.9 Å². The van der Waals surface area contributed by atoms with E-state index in [9.17, 15) is 24.3 Å². The van der Waals surface area contributed by atoms with Crippen molar-refractivity contribution in [3.63, 3.8) is 0 Å². The summed E-state index contributed by atoms with van der Waals surface area (Å²) in [5.41, 5.74) is 3.40. The lowest BCUT2D eigenvalue weighted by Crippen LogP contribution is -2.30. The Bertz CT molecular complexity index is 1740. The van der Waals surface area contributed by atoms with Gasteiger partial charge in [0, 0.05) is 15.4 Å². The van der Waals surface area contributed by atoms with E-state index in [0.717, 1.165) is 35.7 Å². The number of ketones is 1. The van der Waals surface area contributed by atoms with Gasteiger partial charge in [0.25, 0.3) is 0 Å². The quantitative estimate of drug-likeness (QED) is 0.150. The zero-order valence-corrected chi connectivity index (χ0v) is 24.4.